The monoisotopic (exact) mass is 267 g/mol. The molecular weight excluding hydrogens is 258 g/mol. The summed E-state index contributed by atoms with van der Waals surface area (Å²) in [7, 11) is 0. The van der Waals surface area contributed by atoms with Crippen molar-refractivity contribution in [2.24, 2.45) is 0 Å². The van der Waals surface area contributed by atoms with Crippen LogP contribution in [0.2, 0.25) is 0 Å². The summed E-state index contributed by atoms with van der Waals surface area (Å²) in [6.45, 7) is 3.47. The van der Waals surface area contributed by atoms with E-state index in [0.29, 0.717) is 22.4 Å². The molecule has 0 aliphatic heterocycles. The number of rotatable bonds is 1. The number of hydrogen-bond donors (Lipinski definition) is 1. The van der Waals surface area contributed by atoms with E-state index < -0.39 is 16.9 Å². The summed E-state index contributed by atoms with van der Waals surface area (Å²) in [6, 6.07) is 6.88. The van der Waals surface area contributed by atoms with E-state index in [1.54, 1.807) is 32.0 Å². The fourth-order valence-electron chi connectivity index (χ4n) is 1.89. The molecule has 0 saturated heterocycles. The molecule has 98 valence electrons. The summed E-state index contributed by atoms with van der Waals surface area (Å²) >= 11 is 0. The summed E-state index contributed by atoms with van der Waals surface area (Å²) in [5, 5.41) is 21.5. The first-order chi connectivity index (χ1) is 9.47. The van der Waals surface area contributed by atoms with Crippen molar-refractivity contribution in [3.05, 3.63) is 55.4 Å². The Labute approximate surface area is 113 Å². The molecule has 20 heavy (non-hydrogen) atoms. The van der Waals surface area contributed by atoms with Gasteiger partial charge in [-0.2, -0.15) is 15.2 Å². The fourth-order valence-corrected chi connectivity index (χ4v) is 1.89. The lowest BCUT2D eigenvalue weighted by molar-refractivity contribution is 0.739. The van der Waals surface area contributed by atoms with Crippen LogP contribution >= 0.6 is 0 Å². The zero-order valence-electron chi connectivity index (χ0n) is 10.8. The third kappa shape index (κ3) is 2.08. The highest BCUT2D eigenvalue weighted by atomic mass is 16.2. The van der Waals surface area contributed by atoms with Gasteiger partial charge in [0, 0.05) is 0 Å². The normalized spacial score (nSPS) is 9.80. The number of H-pyrrole nitrogens is 1. The van der Waals surface area contributed by atoms with Crippen LogP contribution in [0.3, 0.4) is 0 Å². The largest absolute Gasteiger partial charge is 0.349 e. The van der Waals surface area contributed by atoms with Gasteiger partial charge in [0.15, 0.2) is 0 Å². The molecule has 0 amide bonds. The maximum absolute atomic E-state index is 11.8. The van der Waals surface area contributed by atoms with E-state index in [-0.39, 0.29) is 0 Å². The zero-order valence-corrected chi connectivity index (χ0v) is 10.8. The Morgan fingerprint density at radius 1 is 1.15 bits per heavy atom. The molecular formula is C13H9N5O2. The molecule has 0 radical (unpaired) electrons. The minimum Gasteiger partial charge on any atom is -0.270 e. The molecule has 0 aliphatic carbocycles. The Morgan fingerprint density at radius 3 is 2.25 bits per heavy atom. The van der Waals surface area contributed by atoms with Gasteiger partial charge in [-0.1, -0.05) is 0 Å². The lowest BCUT2D eigenvalue weighted by atomic mass is 10.0. The lowest BCUT2D eigenvalue weighted by Crippen LogP contribution is -2.33. The fraction of sp³-hybridized carbons (Fsp3) is 0.154. The quantitative estimate of drug-likeness (QED) is 0.796. The molecule has 1 aromatic carbocycles. The van der Waals surface area contributed by atoms with Gasteiger partial charge in [0.1, 0.15) is 6.07 Å². The van der Waals surface area contributed by atoms with Crippen LogP contribution in [0.1, 0.15) is 22.4 Å². The Kier molecular flexibility index (Phi) is 3.20. The van der Waals surface area contributed by atoms with Gasteiger partial charge in [-0.15, -0.1) is 5.10 Å². The number of aryl methyl sites for hydroxylation is 2. The summed E-state index contributed by atoms with van der Waals surface area (Å²) in [6.07, 6.45) is 0. The second kappa shape index (κ2) is 4.82. The smallest absolute Gasteiger partial charge is 0.270 e. The van der Waals surface area contributed by atoms with Gasteiger partial charge in [0.05, 0.1) is 17.3 Å². The Morgan fingerprint density at radius 2 is 1.75 bits per heavy atom. The summed E-state index contributed by atoms with van der Waals surface area (Å²) in [5.41, 5.74) is 0.308. The topological polar surface area (TPSA) is 115 Å². The number of nitriles is 2. The number of nitrogens with zero attached hydrogens (tertiary/aromatic N) is 4. The SMILES string of the molecule is Cc1cc(-n2nc(C#N)c(=O)[nH]c2=O)cc(C)c1C#N. The Bertz CT molecular complexity index is 870. The molecule has 0 spiro atoms. The van der Waals surface area contributed by atoms with Gasteiger partial charge >= 0.3 is 5.69 Å². The molecule has 1 aromatic heterocycles. The average molecular weight is 267 g/mol. The summed E-state index contributed by atoms with van der Waals surface area (Å²) < 4.78 is 0.932. The Balaban J connectivity index is 2.77. The first-order valence-corrected chi connectivity index (χ1v) is 5.63. The minimum absolute atomic E-state index is 0.386. The van der Waals surface area contributed by atoms with E-state index >= 15 is 0 Å². The number of aromatic nitrogens is 3. The molecule has 0 atom stereocenters. The zero-order chi connectivity index (χ0) is 14.9. The van der Waals surface area contributed by atoms with Crippen LogP contribution < -0.4 is 11.2 Å². The van der Waals surface area contributed by atoms with E-state index in [9.17, 15) is 9.59 Å². The molecule has 1 N–H and O–H groups in total. The predicted molar refractivity (Wildman–Crippen MR) is 69.4 cm³/mol. The van der Waals surface area contributed by atoms with Crippen molar-refractivity contribution >= 4 is 0 Å². The van der Waals surface area contributed by atoms with Crippen molar-refractivity contribution in [2.45, 2.75) is 13.8 Å². The molecule has 1 heterocycles. The average Bonchev–Trinajstić information content (AvgIpc) is 2.38. The first-order valence-electron chi connectivity index (χ1n) is 5.63. The van der Waals surface area contributed by atoms with Crippen molar-refractivity contribution in [1.29, 1.82) is 10.5 Å². The van der Waals surface area contributed by atoms with Crippen LogP contribution in [0.15, 0.2) is 21.7 Å². The Hall–Kier alpha value is -3.19. The maximum Gasteiger partial charge on any atom is 0.349 e. The summed E-state index contributed by atoms with van der Waals surface area (Å²) in [5.74, 6) is 0. The van der Waals surface area contributed by atoms with Gasteiger partial charge < -0.3 is 0 Å². The van der Waals surface area contributed by atoms with Crippen LogP contribution in [0.25, 0.3) is 5.69 Å². The van der Waals surface area contributed by atoms with Crippen molar-refractivity contribution in [3.8, 4) is 17.8 Å². The van der Waals surface area contributed by atoms with Crippen LogP contribution in [0.5, 0.6) is 0 Å². The highest BCUT2D eigenvalue weighted by molar-refractivity contribution is 5.50. The van der Waals surface area contributed by atoms with Gasteiger partial charge in [0.2, 0.25) is 5.69 Å². The second-order valence-corrected chi connectivity index (χ2v) is 4.20. The molecule has 0 unspecified atom stereocenters. The third-order valence-electron chi connectivity index (χ3n) is 2.81. The molecule has 2 rings (SSSR count). The van der Waals surface area contributed by atoms with Crippen molar-refractivity contribution in [3.63, 3.8) is 0 Å². The number of nitrogens with one attached hydrogen (secondary N) is 1. The molecule has 0 aliphatic rings. The lowest BCUT2D eigenvalue weighted by Gasteiger charge is -2.08. The van der Waals surface area contributed by atoms with Gasteiger partial charge in [0.25, 0.3) is 5.56 Å². The highest BCUT2D eigenvalue weighted by Gasteiger charge is 2.11. The van der Waals surface area contributed by atoms with E-state index in [4.69, 9.17) is 10.5 Å². The number of hydrogen-bond acceptors (Lipinski definition) is 5. The van der Waals surface area contributed by atoms with Crippen LogP contribution in [0, 0.1) is 36.5 Å². The highest BCUT2D eigenvalue weighted by Crippen LogP contribution is 2.17. The van der Waals surface area contributed by atoms with Gasteiger partial charge in [-0.3, -0.25) is 9.78 Å². The standard InChI is InChI=1S/C13H9N5O2/c1-7-3-9(4-8(2)10(7)5-14)18-13(20)16-12(19)11(6-15)17-18/h3-4H,1-2H3,(H,16,19,20). The van der Waals surface area contributed by atoms with E-state index in [1.165, 1.54) is 0 Å². The van der Waals surface area contributed by atoms with Crippen molar-refractivity contribution < 1.29 is 0 Å². The van der Waals surface area contributed by atoms with E-state index in [0.717, 1.165) is 4.68 Å². The molecule has 0 saturated carbocycles. The predicted octanol–water partition coefficient (Wildman–Crippen LogP) is 0.281. The third-order valence-corrected chi connectivity index (χ3v) is 2.81. The molecule has 7 nitrogen and oxygen atoms in total. The molecule has 2 aromatic rings. The van der Waals surface area contributed by atoms with Gasteiger partial charge in [-0.25, -0.2) is 4.79 Å². The van der Waals surface area contributed by atoms with Crippen molar-refractivity contribution in [2.75, 3.05) is 0 Å². The van der Waals surface area contributed by atoms with Crippen molar-refractivity contribution in [1.82, 2.24) is 14.8 Å². The first kappa shape index (κ1) is 13.2. The second-order valence-electron chi connectivity index (χ2n) is 4.20. The molecule has 0 bridgehead atoms. The van der Waals surface area contributed by atoms with Crippen LogP contribution in [0.4, 0.5) is 0 Å². The minimum atomic E-state index is -0.823. The molecule has 7 heteroatoms. The van der Waals surface area contributed by atoms with Crippen LogP contribution in [-0.2, 0) is 0 Å². The summed E-state index contributed by atoms with van der Waals surface area (Å²) in [4.78, 5) is 25.1. The van der Waals surface area contributed by atoms with E-state index in [2.05, 4.69) is 11.2 Å². The molecule has 0 fully saturated rings. The number of aromatic amines is 1. The maximum atomic E-state index is 11.8. The van der Waals surface area contributed by atoms with Gasteiger partial charge in [-0.05, 0) is 37.1 Å². The van der Waals surface area contributed by atoms with Crippen LogP contribution in [-0.4, -0.2) is 14.8 Å². The number of benzene rings is 1. The van der Waals surface area contributed by atoms with E-state index in [1.807, 2.05) is 4.98 Å².